The van der Waals surface area contributed by atoms with E-state index < -0.39 is 0 Å². The molecule has 0 aromatic rings. The summed E-state index contributed by atoms with van der Waals surface area (Å²) in [7, 11) is 2.92. The van der Waals surface area contributed by atoms with Crippen molar-refractivity contribution in [3.63, 3.8) is 0 Å². The fourth-order valence-electron chi connectivity index (χ4n) is 4.27. The molecule has 0 aliphatic carbocycles. The van der Waals surface area contributed by atoms with Crippen molar-refractivity contribution < 1.29 is 19.1 Å². The summed E-state index contributed by atoms with van der Waals surface area (Å²) in [4.78, 5) is 24.4. The van der Waals surface area contributed by atoms with Gasteiger partial charge in [-0.2, -0.15) is 0 Å². The average Bonchev–Trinajstić information content (AvgIpc) is 2.68. The molecular weight excluding hydrogens is 391 g/mol. The molecule has 160 valence electrons. The Morgan fingerprint density at radius 2 is 1.22 bits per heavy atom. The molecule has 0 amide bonds. The molecule has 4 unspecified atom stereocenters. The topological polar surface area (TPSA) is 76.7 Å². The second kappa shape index (κ2) is 14.4. The minimum Gasteiger partial charge on any atom is -0.469 e. The van der Waals surface area contributed by atoms with Gasteiger partial charge in [-0.1, -0.05) is 19.3 Å². The molecular formula is C19H36Cl2N2O4. The lowest BCUT2D eigenvalue weighted by Gasteiger charge is -2.31. The second-order valence-electron chi connectivity index (χ2n) is 7.30. The van der Waals surface area contributed by atoms with Crippen molar-refractivity contribution in [2.24, 2.45) is 11.8 Å². The zero-order chi connectivity index (χ0) is 18.1. The first-order valence-electron chi connectivity index (χ1n) is 9.79. The van der Waals surface area contributed by atoms with Crippen LogP contribution in [0.3, 0.4) is 0 Å². The second-order valence-corrected chi connectivity index (χ2v) is 7.30. The van der Waals surface area contributed by atoms with Gasteiger partial charge >= 0.3 is 11.9 Å². The highest BCUT2D eigenvalue weighted by molar-refractivity contribution is 5.85. The Morgan fingerprint density at radius 3 is 1.52 bits per heavy atom. The Hall–Kier alpha value is -0.560. The zero-order valence-corrected chi connectivity index (χ0v) is 18.2. The summed E-state index contributed by atoms with van der Waals surface area (Å²) in [5, 5.41) is 6.93. The number of carbonyl (C=O) groups excluding carboxylic acids is 2. The van der Waals surface area contributed by atoms with Crippen LogP contribution in [0.15, 0.2) is 0 Å². The first-order valence-corrected chi connectivity index (χ1v) is 9.79. The third kappa shape index (κ3) is 8.14. The highest BCUT2D eigenvalue weighted by Crippen LogP contribution is 2.26. The van der Waals surface area contributed by atoms with Crippen molar-refractivity contribution in [1.82, 2.24) is 10.6 Å². The van der Waals surface area contributed by atoms with Crippen LogP contribution in [-0.2, 0) is 19.1 Å². The lowest BCUT2D eigenvalue weighted by molar-refractivity contribution is -0.147. The van der Waals surface area contributed by atoms with Crippen molar-refractivity contribution in [2.45, 2.75) is 69.9 Å². The van der Waals surface area contributed by atoms with E-state index in [0.717, 1.165) is 58.0 Å². The number of hydrogen-bond acceptors (Lipinski definition) is 6. The van der Waals surface area contributed by atoms with Crippen LogP contribution in [0.1, 0.15) is 57.8 Å². The van der Waals surface area contributed by atoms with Crippen LogP contribution in [0, 0.1) is 11.8 Å². The van der Waals surface area contributed by atoms with Crippen LogP contribution < -0.4 is 10.6 Å². The Kier molecular flexibility index (Phi) is 14.1. The molecule has 0 aromatic carbocycles. The SMILES string of the molecule is COC(=O)C(CCCC(C(=O)OC)C1CCCCN1)C1CCCCN1.Cl.Cl. The van der Waals surface area contributed by atoms with Gasteiger partial charge in [-0.25, -0.2) is 0 Å². The van der Waals surface area contributed by atoms with E-state index in [1.165, 1.54) is 27.1 Å². The first-order chi connectivity index (χ1) is 12.2. The maximum Gasteiger partial charge on any atom is 0.310 e. The predicted molar refractivity (Wildman–Crippen MR) is 111 cm³/mol. The van der Waals surface area contributed by atoms with E-state index in [1.54, 1.807) is 0 Å². The van der Waals surface area contributed by atoms with Crippen LogP contribution in [0.2, 0.25) is 0 Å². The minimum absolute atomic E-state index is 0. The minimum atomic E-state index is -0.134. The fraction of sp³-hybridized carbons (Fsp3) is 0.895. The Balaban J connectivity index is 0.00000338. The molecule has 2 aliphatic rings. The van der Waals surface area contributed by atoms with Gasteiger partial charge < -0.3 is 20.1 Å². The highest BCUT2D eigenvalue weighted by Gasteiger charge is 2.33. The molecule has 2 fully saturated rings. The molecule has 0 saturated carbocycles. The molecule has 2 aliphatic heterocycles. The number of halogens is 2. The van der Waals surface area contributed by atoms with E-state index in [4.69, 9.17) is 9.47 Å². The molecule has 0 bridgehead atoms. The van der Waals surface area contributed by atoms with Gasteiger partial charge in [0.2, 0.25) is 0 Å². The van der Waals surface area contributed by atoms with Crippen LogP contribution in [0.5, 0.6) is 0 Å². The number of piperidine rings is 2. The maximum atomic E-state index is 12.2. The summed E-state index contributed by atoms with van der Waals surface area (Å²) in [5.74, 6) is -0.513. The van der Waals surface area contributed by atoms with Gasteiger partial charge in [0, 0.05) is 12.1 Å². The number of esters is 2. The molecule has 2 heterocycles. The van der Waals surface area contributed by atoms with Crippen molar-refractivity contribution in [3.8, 4) is 0 Å². The molecule has 2 saturated heterocycles. The Bertz CT molecular complexity index is 390. The molecule has 4 atom stereocenters. The molecule has 0 radical (unpaired) electrons. The van der Waals surface area contributed by atoms with Crippen molar-refractivity contribution in [2.75, 3.05) is 27.3 Å². The number of ether oxygens (including phenoxy) is 2. The standard InChI is InChI=1S/C19H34N2O4.2ClH/c1-24-18(22)14(16-10-3-5-12-20-16)8-7-9-15(19(23)25-2)17-11-4-6-13-21-17;;/h14-17,20-21H,3-13H2,1-2H3;2*1H. The fourth-order valence-corrected chi connectivity index (χ4v) is 4.27. The van der Waals surface area contributed by atoms with Crippen LogP contribution >= 0.6 is 24.8 Å². The Labute approximate surface area is 175 Å². The smallest absolute Gasteiger partial charge is 0.310 e. The highest BCUT2D eigenvalue weighted by atomic mass is 35.5. The van der Waals surface area contributed by atoms with Crippen molar-refractivity contribution >= 4 is 36.8 Å². The van der Waals surface area contributed by atoms with Gasteiger partial charge in [-0.15, -0.1) is 24.8 Å². The van der Waals surface area contributed by atoms with Crippen LogP contribution in [-0.4, -0.2) is 51.3 Å². The molecule has 2 rings (SSSR count). The van der Waals surface area contributed by atoms with E-state index in [1.807, 2.05) is 0 Å². The number of methoxy groups -OCH3 is 2. The van der Waals surface area contributed by atoms with Crippen LogP contribution in [0.25, 0.3) is 0 Å². The van der Waals surface area contributed by atoms with Gasteiger partial charge in [-0.3, -0.25) is 9.59 Å². The zero-order valence-electron chi connectivity index (χ0n) is 16.5. The third-order valence-corrected chi connectivity index (χ3v) is 5.71. The predicted octanol–water partition coefficient (Wildman–Crippen LogP) is 2.86. The lowest BCUT2D eigenvalue weighted by atomic mass is 9.84. The van der Waals surface area contributed by atoms with E-state index in [2.05, 4.69) is 10.6 Å². The number of rotatable bonds is 8. The number of nitrogens with one attached hydrogen (secondary N) is 2. The van der Waals surface area contributed by atoms with Crippen molar-refractivity contribution in [3.05, 3.63) is 0 Å². The Morgan fingerprint density at radius 1 is 0.815 bits per heavy atom. The maximum absolute atomic E-state index is 12.2. The normalized spacial score (nSPS) is 24.5. The van der Waals surface area contributed by atoms with Gasteiger partial charge in [0.15, 0.2) is 0 Å². The molecule has 6 nitrogen and oxygen atoms in total. The van der Waals surface area contributed by atoms with E-state index >= 15 is 0 Å². The molecule has 2 N–H and O–H groups in total. The quantitative estimate of drug-likeness (QED) is 0.581. The molecule has 8 heteroatoms. The van der Waals surface area contributed by atoms with Gasteiger partial charge in [0.25, 0.3) is 0 Å². The van der Waals surface area contributed by atoms with Gasteiger partial charge in [-0.05, 0) is 51.6 Å². The average molecular weight is 427 g/mol. The molecule has 0 aromatic heterocycles. The largest absolute Gasteiger partial charge is 0.469 e. The van der Waals surface area contributed by atoms with Gasteiger partial charge in [0.1, 0.15) is 0 Å². The van der Waals surface area contributed by atoms with E-state index in [9.17, 15) is 9.59 Å². The third-order valence-electron chi connectivity index (χ3n) is 5.71. The summed E-state index contributed by atoms with van der Waals surface area (Å²) in [6.45, 7) is 1.93. The molecule has 0 spiro atoms. The summed E-state index contributed by atoms with van der Waals surface area (Å²) < 4.78 is 10.1. The first kappa shape index (κ1) is 26.4. The summed E-state index contributed by atoms with van der Waals surface area (Å²) in [6, 6.07) is 0.399. The van der Waals surface area contributed by atoms with E-state index in [0.29, 0.717) is 0 Å². The lowest BCUT2D eigenvalue weighted by Crippen LogP contribution is -2.44. The summed E-state index contributed by atoms with van der Waals surface area (Å²) in [6.07, 6.45) is 9.02. The van der Waals surface area contributed by atoms with Gasteiger partial charge in [0.05, 0.1) is 26.1 Å². The van der Waals surface area contributed by atoms with E-state index in [-0.39, 0.29) is 60.7 Å². The monoisotopic (exact) mass is 426 g/mol. The summed E-state index contributed by atoms with van der Waals surface area (Å²) >= 11 is 0. The van der Waals surface area contributed by atoms with Crippen molar-refractivity contribution in [1.29, 1.82) is 0 Å². The number of carbonyl (C=O) groups is 2. The van der Waals surface area contributed by atoms with Crippen LogP contribution in [0.4, 0.5) is 0 Å². The molecule has 27 heavy (non-hydrogen) atoms. The number of hydrogen-bond donors (Lipinski definition) is 2. The summed E-state index contributed by atoms with van der Waals surface area (Å²) in [5.41, 5.74) is 0.